The second kappa shape index (κ2) is 7.62. The smallest absolute Gasteiger partial charge is 0.230 e. The molecule has 9 heteroatoms. The largest absolute Gasteiger partial charge is 0.348 e. The standard InChI is InChI=1S/C15H18N4O2S3/c1-9(12-4-3-7-22-12)16-13(21)8-23-15-18-17-14(24-15)19(10(2)20)11-5-6-11/h3-4,7,9,11H,5-6,8H2,1-2H3,(H,16,21). The van der Waals surface area contributed by atoms with Crippen LogP contribution in [-0.2, 0) is 9.59 Å². The van der Waals surface area contributed by atoms with E-state index in [1.54, 1.807) is 23.2 Å². The van der Waals surface area contributed by atoms with Gasteiger partial charge in [-0.1, -0.05) is 29.2 Å². The topological polar surface area (TPSA) is 75.2 Å². The lowest BCUT2D eigenvalue weighted by molar-refractivity contribution is -0.119. The van der Waals surface area contributed by atoms with Crippen molar-refractivity contribution in [2.45, 2.75) is 43.1 Å². The number of nitrogens with one attached hydrogen (secondary N) is 1. The van der Waals surface area contributed by atoms with Crippen LogP contribution in [0.1, 0.15) is 37.6 Å². The first-order valence-electron chi connectivity index (χ1n) is 7.63. The maximum absolute atomic E-state index is 12.1. The molecule has 1 aliphatic rings. The van der Waals surface area contributed by atoms with Crippen LogP contribution >= 0.6 is 34.4 Å². The minimum Gasteiger partial charge on any atom is -0.348 e. The van der Waals surface area contributed by atoms with Crippen LogP contribution in [0.3, 0.4) is 0 Å². The van der Waals surface area contributed by atoms with Crippen LogP contribution in [0.4, 0.5) is 5.13 Å². The van der Waals surface area contributed by atoms with Gasteiger partial charge in [-0.05, 0) is 31.2 Å². The molecule has 0 bridgehead atoms. The molecule has 2 amide bonds. The molecule has 1 atom stereocenters. The third-order valence-electron chi connectivity index (χ3n) is 3.53. The molecule has 1 N–H and O–H groups in total. The van der Waals surface area contributed by atoms with E-state index in [2.05, 4.69) is 15.5 Å². The fourth-order valence-corrected chi connectivity index (χ4v) is 4.76. The number of aromatic nitrogens is 2. The molecule has 24 heavy (non-hydrogen) atoms. The van der Waals surface area contributed by atoms with Gasteiger partial charge in [-0.3, -0.25) is 14.5 Å². The molecule has 0 aliphatic heterocycles. The Morgan fingerprint density at radius 2 is 2.25 bits per heavy atom. The molecule has 0 radical (unpaired) electrons. The van der Waals surface area contributed by atoms with Crippen molar-refractivity contribution < 1.29 is 9.59 Å². The molecular weight excluding hydrogens is 364 g/mol. The number of carbonyl (C=O) groups excluding carboxylic acids is 2. The zero-order valence-corrected chi connectivity index (χ0v) is 15.8. The summed E-state index contributed by atoms with van der Waals surface area (Å²) in [7, 11) is 0. The second-order valence-electron chi connectivity index (χ2n) is 5.56. The average Bonchev–Trinajstić information content (AvgIpc) is 3.03. The Morgan fingerprint density at radius 1 is 1.46 bits per heavy atom. The Hall–Kier alpha value is -1.45. The van der Waals surface area contributed by atoms with Crippen LogP contribution in [0, 0.1) is 0 Å². The van der Waals surface area contributed by atoms with Crippen LogP contribution in [0.5, 0.6) is 0 Å². The number of anilines is 1. The highest BCUT2D eigenvalue weighted by molar-refractivity contribution is 8.01. The lowest BCUT2D eigenvalue weighted by Crippen LogP contribution is -2.30. The van der Waals surface area contributed by atoms with E-state index in [0.717, 1.165) is 17.7 Å². The molecule has 2 heterocycles. The van der Waals surface area contributed by atoms with Crippen molar-refractivity contribution in [2.75, 3.05) is 10.7 Å². The molecule has 128 valence electrons. The number of hydrogen-bond acceptors (Lipinski definition) is 7. The SMILES string of the molecule is CC(=O)N(c1nnc(SCC(=O)NC(C)c2cccs2)s1)C1CC1. The van der Waals surface area contributed by atoms with Gasteiger partial charge in [-0.25, -0.2) is 0 Å². The number of thioether (sulfide) groups is 1. The van der Waals surface area contributed by atoms with Gasteiger partial charge in [0.2, 0.25) is 16.9 Å². The first kappa shape index (κ1) is 17.4. The Morgan fingerprint density at radius 3 is 2.88 bits per heavy atom. The third kappa shape index (κ3) is 4.34. The highest BCUT2D eigenvalue weighted by Crippen LogP contribution is 2.35. The zero-order chi connectivity index (χ0) is 17.1. The van der Waals surface area contributed by atoms with Crippen molar-refractivity contribution >= 4 is 51.4 Å². The van der Waals surface area contributed by atoms with Crippen LogP contribution in [0.25, 0.3) is 0 Å². The number of rotatable bonds is 7. The molecule has 1 saturated carbocycles. The second-order valence-corrected chi connectivity index (χ2v) is 8.72. The Bertz CT molecular complexity index is 712. The minimum atomic E-state index is -0.0386. The van der Waals surface area contributed by atoms with Crippen molar-refractivity contribution in [2.24, 2.45) is 0 Å². The molecule has 3 rings (SSSR count). The van der Waals surface area contributed by atoms with Gasteiger partial charge >= 0.3 is 0 Å². The first-order chi connectivity index (χ1) is 11.5. The Balaban J connectivity index is 1.51. The molecule has 1 fully saturated rings. The van der Waals surface area contributed by atoms with E-state index >= 15 is 0 Å². The molecule has 0 saturated heterocycles. The lowest BCUT2D eigenvalue weighted by Gasteiger charge is -2.15. The van der Waals surface area contributed by atoms with Crippen LogP contribution in [-0.4, -0.2) is 33.8 Å². The number of nitrogens with zero attached hydrogens (tertiary/aromatic N) is 3. The van der Waals surface area contributed by atoms with Gasteiger partial charge in [-0.15, -0.1) is 21.5 Å². The fourth-order valence-electron chi connectivity index (χ4n) is 2.26. The van der Waals surface area contributed by atoms with Gasteiger partial charge in [0, 0.05) is 17.8 Å². The van der Waals surface area contributed by atoms with E-state index in [9.17, 15) is 9.59 Å². The van der Waals surface area contributed by atoms with E-state index < -0.39 is 0 Å². The summed E-state index contributed by atoms with van der Waals surface area (Å²) >= 11 is 4.34. The summed E-state index contributed by atoms with van der Waals surface area (Å²) in [4.78, 5) is 26.6. The molecule has 6 nitrogen and oxygen atoms in total. The maximum Gasteiger partial charge on any atom is 0.230 e. The van der Waals surface area contributed by atoms with Crippen molar-refractivity contribution in [1.29, 1.82) is 0 Å². The summed E-state index contributed by atoms with van der Waals surface area (Å²) in [5, 5.41) is 13.8. The van der Waals surface area contributed by atoms with Gasteiger partial charge in [0.05, 0.1) is 11.8 Å². The van der Waals surface area contributed by atoms with E-state index in [-0.39, 0.29) is 29.7 Å². The molecule has 2 aromatic heterocycles. The van der Waals surface area contributed by atoms with E-state index in [0.29, 0.717) is 9.47 Å². The van der Waals surface area contributed by atoms with Crippen LogP contribution in [0.2, 0.25) is 0 Å². The molecule has 2 aromatic rings. The highest BCUT2D eigenvalue weighted by atomic mass is 32.2. The summed E-state index contributed by atoms with van der Waals surface area (Å²) in [5.74, 6) is 0.240. The van der Waals surface area contributed by atoms with Crippen molar-refractivity contribution in [3.8, 4) is 0 Å². The Kier molecular flexibility index (Phi) is 5.52. The molecule has 1 aliphatic carbocycles. The predicted octanol–water partition coefficient (Wildman–Crippen LogP) is 3.08. The summed E-state index contributed by atoms with van der Waals surface area (Å²) in [5.41, 5.74) is 0. The molecular formula is C15H18N4O2S3. The van der Waals surface area contributed by atoms with E-state index in [1.807, 2.05) is 24.4 Å². The zero-order valence-electron chi connectivity index (χ0n) is 13.4. The van der Waals surface area contributed by atoms with Gasteiger partial charge < -0.3 is 5.32 Å². The highest BCUT2D eigenvalue weighted by Gasteiger charge is 2.34. The van der Waals surface area contributed by atoms with Gasteiger partial charge in [-0.2, -0.15) is 0 Å². The van der Waals surface area contributed by atoms with E-state index in [1.165, 1.54) is 23.1 Å². The summed E-state index contributed by atoms with van der Waals surface area (Å²) in [6, 6.07) is 4.25. The number of carbonyl (C=O) groups is 2. The van der Waals surface area contributed by atoms with Gasteiger partial charge in [0.25, 0.3) is 0 Å². The number of amides is 2. The number of hydrogen-bond donors (Lipinski definition) is 1. The molecule has 0 aromatic carbocycles. The van der Waals surface area contributed by atoms with Crippen molar-refractivity contribution in [3.05, 3.63) is 22.4 Å². The molecule has 1 unspecified atom stereocenters. The average molecular weight is 383 g/mol. The summed E-state index contributed by atoms with van der Waals surface area (Å²) in [6.07, 6.45) is 2.04. The summed E-state index contributed by atoms with van der Waals surface area (Å²) < 4.78 is 0.704. The predicted molar refractivity (Wildman–Crippen MR) is 97.7 cm³/mol. The molecule has 0 spiro atoms. The normalized spacial score (nSPS) is 15.1. The summed E-state index contributed by atoms with van der Waals surface area (Å²) in [6.45, 7) is 3.52. The fraction of sp³-hybridized carbons (Fsp3) is 0.467. The maximum atomic E-state index is 12.1. The van der Waals surface area contributed by atoms with Gasteiger partial charge in [0.1, 0.15) is 0 Å². The van der Waals surface area contributed by atoms with Crippen LogP contribution < -0.4 is 10.2 Å². The van der Waals surface area contributed by atoms with Crippen LogP contribution in [0.15, 0.2) is 21.9 Å². The minimum absolute atomic E-state index is 0.00570. The third-order valence-corrected chi connectivity index (χ3v) is 6.64. The number of thiophene rings is 1. The monoisotopic (exact) mass is 382 g/mol. The van der Waals surface area contributed by atoms with Gasteiger partial charge in [0.15, 0.2) is 4.34 Å². The van der Waals surface area contributed by atoms with Crippen molar-refractivity contribution in [1.82, 2.24) is 15.5 Å². The quantitative estimate of drug-likeness (QED) is 0.588. The Labute approximate surface area is 152 Å². The first-order valence-corrected chi connectivity index (χ1v) is 10.3. The lowest BCUT2D eigenvalue weighted by atomic mass is 10.3. The van der Waals surface area contributed by atoms with E-state index in [4.69, 9.17) is 0 Å². The van der Waals surface area contributed by atoms with Crippen molar-refractivity contribution in [3.63, 3.8) is 0 Å².